The Labute approximate surface area is 186 Å². The summed E-state index contributed by atoms with van der Waals surface area (Å²) in [5.74, 6) is -1.53. The van der Waals surface area contributed by atoms with E-state index >= 15 is 0 Å². The van der Waals surface area contributed by atoms with Crippen molar-refractivity contribution < 1.29 is 14.4 Å². The van der Waals surface area contributed by atoms with E-state index in [2.05, 4.69) is 24.0 Å². The van der Waals surface area contributed by atoms with E-state index < -0.39 is 17.9 Å². The molecule has 0 radical (unpaired) electrons. The van der Waals surface area contributed by atoms with Gasteiger partial charge in [0.15, 0.2) is 5.78 Å². The second-order valence-corrected chi connectivity index (χ2v) is 9.74. The largest absolute Gasteiger partial charge is 0.352 e. The number of hydrogen-bond acceptors (Lipinski definition) is 5. The van der Waals surface area contributed by atoms with E-state index in [1.807, 2.05) is 43.5 Å². The van der Waals surface area contributed by atoms with Crippen molar-refractivity contribution in [3.63, 3.8) is 0 Å². The number of nitrogens with zero attached hydrogens (tertiary/aromatic N) is 2. The maximum absolute atomic E-state index is 13.7. The van der Waals surface area contributed by atoms with E-state index in [9.17, 15) is 14.4 Å². The van der Waals surface area contributed by atoms with Crippen LogP contribution < -0.4 is 4.90 Å². The van der Waals surface area contributed by atoms with Gasteiger partial charge in [0.25, 0.3) is 0 Å². The first-order chi connectivity index (χ1) is 14.9. The molecule has 2 fully saturated rings. The molecule has 0 N–H and O–H groups in total. The summed E-state index contributed by atoms with van der Waals surface area (Å²) >= 11 is 1.39. The van der Waals surface area contributed by atoms with Crippen LogP contribution >= 0.6 is 11.3 Å². The molecule has 3 aliphatic heterocycles. The van der Waals surface area contributed by atoms with Gasteiger partial charge in [0, 0.05) is 17.8 Å². The molecule has 0 saturated carbocycles. The normalized spacial score (nSPS) is 26.6. The number of carbonyl (C=O) groups excluding carboxylic acids is 3. The lowest BCUT2D eigenvalue weighted by molar-refractivity contribution is -0.140. The summed E-state index contributed by atoms with van der Waals surface area (Å²) in [6.07, 6.45) is 3.78. The fourth-order valence-electron chi connectivity index (χ4n) is 5.42. The average molecular weight is 435 g/mol. The van der Waals surface area contributed by atoms with Crippen LogP contribution in [0.3, 0.4) is 0 Å². The molecule has 0 aliphatic carbocycles. The number of imide groups is 1. The highest BCUT2D eigenvalue weighted by Gasteiger charge is 2.64. The first kappa shape index (κ1) is 20.2. The van der Waals surface area contributed by atoms with Gasteiger partial charge in [0.1, 0.15) is 6.04 Å². The number of fused-ring (bicyclic) bond motifs is 5. The Hall–Kier alpha value is -2.73. The molecule has 1 aromatic carbocycles. The lowest BCUT2D eigenvalue weighted by atomic mass is 9.86. The van der Waals surface area contributed by atoms with Gasteiger partial charge in [-0.2, -0.15) is 0 Å². The molecule has 2 aromatic rings. The van der Waals surface area contributed by atoms with E-state index in [0.717, 1.165) is 35.2 Å². The standard InChI is InChI=1S/C25H26N2O3S/c1-4-5-10-26-24(29)20-18-13-15(3)16-12-14(2)8-9-17(16)27(18)22(21(20)25(26)30)23(28)19-7-6-11-31-19/h6-9,11-13,18,20-22H,4-5,10H2,1-3H3/t18-,20-,21+,22-/m1/s1. The number of benzene rings is 1. The fraction of sp³-hybridized carbons (Fsp3) is 0.400. The summed E-state index contributed by atoms with van der Waals surface area (Å²) in [7, 11) is 0. The molecule has 2 saturated heterocycles. The van der Waals surface area contributed by atoms with Crippen LogP contribution in [-0.2, 0) is 9.59 Å². The Balaban J connectivity index is 1.66. The third kappa shape index (κ3) is 2.92. The number of aryl methyl sites for hydroxylation is 1. The molecule has 4 atom stereocenters. The minimum Gasteiger partial charge on any atom is -0.352 e. The zero-order chi connectivity index (χ0) is 21.9. The van der Waals surface area contributed by atoms with Gasteiger partial charge < -0.3 is 4.90 Å². The summed E-state index contributed by atoms with van der Waals surface area (Å²) in [4.78, 5) is 44.7. The molecule has 5 nitrogen and oxygen atoms in total. The van der Waals surface area contributed by atoms with Gasteiger partial charge in [-0.05, 0) is 49.4 Å². The predicted octanol–water partition coefficient (Wildman–Crippen LogP) is 4.31. The topological polar surface area (TPSA) is 57.7 Å². The maximum Gasteiger partial charge on any atom is 0.235 e. The highest BCUT2D eigenvalue weighted by molar-refractivity contribution is 7.12. The van der Waals surface area contributed by atoms with Gasteiger partial charge in [-0.3, -0.25) is 19.3 Å². The molecule has 160 valence electrons. The Kier molecular flexibility index (Phi) is 4.85. The average Bonchev–Trinajstić information content (AvgIpc) is 3.44. The fourth-order valence-corrected chi connectivity index (χ4v) is 6.12. The van der Waals surface area contributed by atoms with Gasteiger partial charge in [0.2, 0.25) is 11.8 Å². The van der Waals surface area contributed by atoms with E-state index in [4.69, 9.17) is 0 Å². The third-order valence-corrected chi connectivity index (χ3v) is 7.75. The van der Waals surface area contributed by atoms with Crippen LogP contribution in [0.1, 0.15) is 47.5 Å². The third-order valence-electron chi connectivity index (χ3n) is 6.86. The number of anilines is 1. The van der Waals surface area contributed by atoms with Gasteiger partial charge in [-0.15, -0.1) is 11.3 Å². The zero-order valence-electron chi connectivity index (χ0n) is 18.0. The molecule has 4 heterocycles. The Morgan fingerprint density at radius 2 is 1.87 bits per heavy atom. The molecule has 2 amide bonds. The molecule has 5 rings (SSSR count). The summed E-state index contributed by atoms with van der Waals surface area (Å²) in [6, 6.07) is 8.91. The highest BCUT2D eigenvalue weighted by Crippen LogP contribution is 2.50. The lowest BCUT2D eigenvalue weighted by Crippen LogP contribution is -2.49. The number of ketones is 1. The Morgan fingerprint density at radius 3 is 2.58 bits per heavy atom. The van der Waals surface area contributed by atoms with Gasteiger partial charge in [-0.1, -0.05) is 37.1 Å². The van der Waals surface area contributed by atoms with E-state index in [0.29, 0.717) is 11.4 Å². The van der Waals surface area contributed by atoms with Crippen LogP contribution in [0.15, 0.2) is 41.8 Å². The Morgan fingerprint density at radius 1 is 1.10 bits per heavy atom. The maximum atomic E-state index is 13.7. The predicted molar refractivity (Wildman–Crippen MR) is 122 cm³/mol. The first-order valence-electron chi connectivity index (χ1n) is 10.9. The van der Waals surface area contributed by atoms with Crippen LogP contribution in [0.4, 0.5) is 5.69 Å². The van der Waals surface area contributed by atoms with Crippen molar-refractivity contribution in [2.75, 3.05) is 11.4 Å². The number of Topliss-reactive ketones (excluding diaryl/α,β-unsaturated/α-hetero) is 1. The number of unbranched alkanes of at least 4 members (excludes halogenated alkanes) is 1. The quantitative estimate of drug-likeness (QED) is 0.520. The van der Waals surface area contributed by atoms with Crippen LogP contribution in [0.25, 0.3) is 5.57 Å². The zero-order valence-corrected chi connectivity index (χ0v) is 18.8. The SMILES string of the molecule is CCCCN1C(=O)[C@H]2[C@H](C1=O)[C@H](C(=O)c1cccs1)N1c3ccc(C)cc3C(C)=C[C@H]21. The molecule has 6 heteroatoms. The van der Waals surface area contributed by atoms with Gasteiger partial charge >= 0.3 is 0 Å². The minimum absolute atomic E-state index is 0.0644. The summed E-state index contributed by atoms with van der Waals surface area (Å²) in [5, 5.41) is 1.88. The van der Waals surface area contributed by atoms with Crippen molar-refractivity contribution in [2.45, 2.75) is 45.7 Å². The summed E-state index contributed by atoms with van der Waals surface area (Å²) in [6.45, 7) is 6.58. The molecule has 1 aromatic heterocycles. The number of rotatable bonds is 5. The number of likely N-dealkylation sites (tertiary alicyclic amines) is 1. The number of allylic oxidation sites excluding steroid dienone is 1. The van der Waals surface area contributed by atoms with Crippen molar-refractivity contribution >= 4 is 40.2 Å². The van der Waals surface area contributed by atoms with E-state index in [-0.39, 0.29) is 23.6 Å². The molecular weight excluding hydrogens is 408 g/mol. The first-order valence-corrected chi connectivity index (χ1v) is 11.8. The van der Waals surface area contributed by atoms with Crippen molar-refractivity contribution in [2.24, 2.45) is 11.8 Å². The number of hydrogen-bond donors (Lipinski definition) is 0. The minimum atomic E-state index is -0.664. The molecule has 0 unspecified atom stereocenters. The van der Waals surface area contributed by atoms with Crippen molar-refractivity contribution in [3.8, 4) is 0 Å². The van der Waals surface area contributed by atoms with Crippen LogP contribution in [-0.4, -0.2) is 41.1 Å². The van der Waals surface area contributed by atoms with Crippen molar-refractivity contribution in [1.29, 1.82) is 0 Å². The number of thiophene rings is 1. The second-order valence-electron chi connectivity index (χ2n) is 8.79. The smallest absolute Gasteiger partial charge is 0.235 e. The molecular formula is C25H26N2O3S. The van der Waals surface area contributed by atoms with Crippen LogP contribution in [0, 0.1) is 18.8 Å². The molecule has 31 heavy (non-hydrogen) atoms. The lowest BCUT2D eigenvalue weighted by Gasteiger charge is -2.38. The van der Waals surface area contributed by atoms with Crippen molar-refractivity contribution in [3.05, 3.63) is 57.8 Å². The number of carbonyl (C=O) groups is 3. The Bertz CT molecular complexity index is 1100. The van der Waals surface area contributed by atoms with E-state index in [1.165, 1.54) is 16.2 Å². The highest BCUT2D eigenvalue weighted by atomic mass is 32.1. The number of amides is 2. The monoisotopic (exact) mass is 434 g/mol. The van der Waals surface area contributed by atoms with Gasteiger partial charge in [0.05, 0.1) is 22.8 Å². The van der Waals surface area contributed by atoms with Gasteiger partial charge in [-0.25, -0.2) is 0 Å². The summed E-state index contributed by atoms with van der Waals surface area (Å²) in [5.41, 5.74) is 4.25. The molecule has 0 spiro atoms. The van der Waals surface area contributed by atoms with Crippen molar-refractivity contribution in [1.82, 2.24) is 4.90 Å². The summed E-state index contributed by atoms with van der Waals surface area (Å²) < 4.78 is 0. The van der Waals surface area contributed by atoms with Crippen LogP contribution in [0.5, 0.6) is 0 Å². The molecule has 3 aliphatic rings. The molecule has 0 bridgehead atoms. The van der Waals surface area contributed by atoms with Crippen LogP contribution in [0.2, 0.25) is 0 Å². The van der Waals surface area contributed by atoms with E-state index in [1.54, 1.807) is 0 Å². The second kappa shape index (κ2) is 7.45.